The first-order valence-electron chi connectivity index (χ1n) is 7.72. The van der Waals surface area contributed by atoms with Crippen LogP contribution in [0.4, 0.5) is 0 Å². The summed E-state index contributed by atoms with van der Waals surface area (Å²) < 4.78 is 0. The van der Waals surface area contributed by atoms with Gasteiger partial charge in [-0.05, 0) is 42.7 Å². The van der Waals surface area contributed by atoms with Crippen molar-refractivity contribution < 1.29 is 4.79 Å². The van der Waals surface area contributed by atoms with E-state index in [0.29, 0.717) is 0 Å². The Bertz CT molecular complexity index is 691. The topological polar surface area (TPSA) is 32.3 Å². The normalized spacial score (nSPS) is 14.5. The largest absolute Gasteiger partial charge is 0.335 e. The third-order valence-corrected chi connectivity index (χ3v) is 4.55. The lowest BCUT2D eigenvalue weighted by Gasteiger charge is -2.26. The summed E-state index contributed by atoms with van der Waals surface area (Å²) in [6.45, 7) is 5.90. The molecule has 1 N–H and O–H groups in total. The molecule has 0 radical (unpaired) electrons. The van der Waals surface area contributed by atoms with E-state index >= 15 is 0 Å². The zero-order valence-corrected chi connectivity index (χ0v) is 13.4. The second-order valence-electron chi connectivity index (χ2n) is 6.09. The maximum Gasteiger partial charge on any atom is 0.254 e. The molecule has 0 aromatic heterocycles. The predicted molar refractivity (Wildman–Crippen MR) is 88.7 cm³/mol. The Morgan fingerprint density at radius 1 is 1.09 bits per heavy atom. The summed E-state index contributed by atoms with van der Waals surface area (Å²) in [4.78, 5) is 14.5. The molecule has 22 heavy (non-hydrogen) atoms. The maximum absolute atomic E-state index is 12.7. The second kappa shape index (κ2) is 5.93. The third kappa shape index (κ3) is 2.77. The number of rotatable bonds is 3. The molecule has 3 rings (SSSR count). The third-order valence-electron chi connectivity index (χ3n) is 4.55. The van der Waals surface area contributed by atoms with Crippen LogP contribution in [0.5, 0.6) is 0 Å². The van der Waals surface area contributed by atoms with Gasteiger partial charge in [-0.25, -0.2) is 0 Å². The Morgan fingerprint density at radius 3 is 2.50 bits per heavy atom. The number of benzene rings is 2. The predicted octanol–water partition coefficient (Wildman–Crippen LogP) is 3.43. The minimum absolute atomic E-state index is 0.0551. The lowest BCUT2D eigenvalue weighted by molar-refractivity contribution is 0.0742. The van der Waals surface area contributed by atoms with Crippen LogP contribution in [0, 0.1) is 6.92 Å². The number of carbonyl (C=O) groups is 1. The maximum atomic E-state index is 12.7. The molecule has 0 bridgehead atoms. The first-order valence-corrected chi connectivity index (χ1v) is 7.72. The molecule has 0 saturated heterocycles. The van der Waals surface area contributed by atoms with Crippen LogP contribution < -0.4 is 5.32 Å². The lowest BCUT2D eigenvalue weighted by Crippen LogP contribution is -2.29. The summed E-state index contributed by atoms with van der Waals surface area (Å²) in [6, 6.07) is 14.4. The number of amides is 1. The number of fused-ring (bicyclic) bond motifs is 1. The fraction of sp³-hybridized carbons (Fsp3) is 0.316. The van der Waals surface area contributed by atoms with Crippen molar-refractivity contribution in [3.05, 3.63) is 70.3 Å². The van der Waals surface area contributed by atoms with Gasteiger partial charge in [0.15, 0.2) is 0 Å². The average Bonchev–Trinajstić information content (AvgIpc) is 3.01. The molecule has 3 nitrogen and oxygen atoms in total. The molecule has 1 aliphatic rings. The van der Waals surface area contributed by atoms with Gasteiger partial charge < -0.3 is 10.2 Å². The molecular formula is C19H22N2O. The Balaban J connectivity index is 1.80. The van der Waals surface area contributed by atoms with E-state index in [1.54, 1.807) is 0 Å². The van der Waals surface area contributed by atoms with Crippen LogP contribution >= 0.6 is 0 Å². The summed E-state index contributed by atoms with van der Waals surface area (Å²) in [5.41, 5.74) is 5.69. The number of nitrogens with zero attached hydrogens (tertiary/aromatic N) is 1. The SMILES string of the molecule is Cc1ccc(C(C)N(C)C(=O)c2ccc3c(c2)CNC3)cc1. The molecule has 0 spiro atoms. The van der Waals surface area contributed by atoms with Crippen LogP contribution in [0.3, 0.4) is 0 Å². The lowest BCUT2D eigenvalue weighted by atomic mass is 10.0. The van der Waals surface area contributed by atoms with E-state index in [0.717, 1.165) is 24.2 Å². The number of hydrogen-bond donors (Lipinski definition) is 1. The van der Waals surface area contributed by atoms with Gasteiger partial charge in [0.2, 0.25) is 0 Å². The molecule has 0 aliphatic carbocycles. The van der Waals surface area contributed by atoms with Gasteiger partial charge in [-0.15, -0.1) is 0 Å². The van der Waals surface area contributed by atoms with E-state index in [2.05, 4.69) is 49.5 Å². The molecule has 1 amide bonds. The zero-order chi connectivity index (χ0) is 15.7. The van der Waals surface area contributed by atoms with E-state index in [1.807, 2.05) is 24.1 Å². The molecule has 2 aromatic carbocycles. The van der Waals surface area contributed by atoms with Crippen LogP contribution in [0.1, 0.15) is 45.6 Å². The fourth-order valence-corrected chi connectivity index (χ4v) is 2.88. The molecule has 3 heteroatoms. The van der Waals surface area contributed by atoms with Gasteiger partial charge in [0.05, 0.1) is 6.04 Å². The van der Waals surface area contributed by atoms with E-state index in [-0.39, 0.29) is 11.9 Å². The summed E-state index contributed by atoms with van der Waals surface area (Å²) >= 11 is 0. The standard InChI is InChI=1S/C19H22N2O/c1-13-4-6-15(7-5-13)14(2)21(3)19(22)16-8-9-17-11-20-12-18(17)10-16/h4-10,14,20H,11-12H2,1-3H3. The van der Waals surface area contributed by atoms with Crippen LogP contribution in [0.25, 0.3) is 0 Å². The van der Waals surface area contributed by atoms with Crippen LogP contribution in [0.2, 0.25) is 0 Å². The zero-order valence-electron chi connectivity index (χ0n) is 13.4. The molecule has 1 aliphatic heterocycles. The van der Waals surface area contributed by atoms with E-state index in [4.69, 9.17) is 0 Å². The highest BCUT2D eigenvalue weighted by atomic mass is 16.2. The van der Waals surface area contributed by atoms with Crippen LogP contribution in [-0.2, 0) is 13.1 Å². The second-order valence-corrected chi connectivity index (χ2v) is 6.09. The Labute approximate surface area is 132 Å². The minimum Gasteiger partial charge on any atom is -0.335 e. The first-order chi connectivity index (χ1) is 10.6. The molecule has 1 atom stereocenters. The number of hydrogen-bond acceptors (Lipinski definition) is 2. The summed E-state index contributed by atoms with van der Waals surface area (Å²) in [5, 5.41) is 3.31. The van der Waals surface area contributed by atoms with Crippen molar-refractivity contribution in [2.24, 2.45) is 0 Å². The van der Waals surface area contributed by atoms with Gasteiger partial charge in [-0.2, -0.15) is 0 Å². The average molecular weight is 294 g/mol. The summed E-state index contributed by atoms with van der Waals surface area (Å²) in [7, 11) is 1.87. The molecule has 0 saturated carbocycles. The first kappa shape index (κ1) is 14.8. The van der Waals surface area contributed by atoms with Crippen LogP contribution in [0.15, 0.2) is 42.5 Å². The minimum atomic E-state index is 0.0551. The highest BCUT2D eigenvalue weighted by molar-refractivity contribution is 5.94. The van der Waals surface area contributed by atoms with Gasteiger partial charge in [0.1, 0.15) is 0 Å². The van der Waals surface area contributed by atoms with Crippen molar-refractivity contribution in [1.82, 2.24) is 10.2 Å². The summed E-state index contributed by atoms with van der Waals surface area (Å²) in [6.07, 6.45) is 0. The molecule has 1 unspecified atom stereocenters. The number of carbonyl (C=O) groups excluding carboxylic acids is 1. The quantitative estimate of drug-likeness (QED) is 0.940. The van der Waals surface area contributed by atoms with Gasteiger partial charge in [0, 0.05) is 25.7 Å². The molecule has 0 fully saturated rings. The van der Waals surface area contributed by atoms with E-state index in [9.17, 15) is 4.79 Å². The van der Waals surface area contributed by atoms with Crippen molar-refractivity contribution in [3.8, 4) is 0 Å². The number of nitrogens with one attached hydrogen (secondary N) is 1. The van der Waals surface area contributed by atoms with E-state index < -0.39 is 0 Å². The molecule has 114 valence electrons. The van der Waals surface area contributed by atoms with Gasteiger partial charge in [-0.3, -0.25) is 4.79 Å². The van der Waals surface area contributed by atoms with Crippen molar-refractivity contribution in [3.63, 3.8) is 0 Å². The Morgan fingerprint density at radius 2 is 1.77 bits per heavy atom. The highest BCUT2D eigenvalue weighted by Gasteiger charge is 2.20. The number of aryl methyl sites for hydroxylation is 1. The Kier molecular flexibility index (Phi) is 3.99. The van der Waals surface area contributed by atoms with Crippen molar-refractivity contribution in [2.45, 2.75) is 33.0 Å². The molecule has 2 aromatic rings. The van der Waals surface area contributed by atoms with Gasteiger partial charge in [0.25, 0.3) is 5.91 Å². The fourth-order valence-electron chi connectivity index (χ4n) is 2.88. The van der Waals surface area contributed by atoms with Crippen LogP contribution in [-0.4, -0.2) is 17.9 Å². The highest BCUT2D eigenvalue weighted by Crippen LogP contribution is 2.23. The van der Waals surface area contributed by atoms with Gasteiger partial charge in [-0.1, -0.05) is 35.9 Å². The van der Waals surface area contributed by atoms with Gasteiger partial charge >= 0.3 is 0 Å². The van der Waals surface area contributed by atoms with Crippen molar-refractivity contribution in [2.75, 3.05) is 7.05 Å². The van der Waals surface area contributed by atoms with E-state index in [1.165, 1.54) is 16.7 Å². The Hall–Kier alpha value is -2.13. The van der Waals surface area contributed by atoms with Crippen molar-refractivity contribution >= 4 is 5.91 Å². The summed E-state index contributed by atoms with van der Waals surface area (Å²) in [5.74, 6) is 0.0720. The monoisotopic (exact) mass is 294 g/mol. The smallest absolute Gasteiger partial charge is 0.254 e. The molecule has 1 heterocycles. The van der Waals surface area contributed by atoms with Crippen molar-refractivity contribution in [1.29, 1.82) is 0 Å². The molecular weight excluding hydrogens is 272 g/mol.